The highest BCUT2D eigenvalue weighted by Crippen LogP contribution is 2.61. The first-order valence-corrected chi connectivity index (χ1v) is 15.8. The number of alkyl halides is 6. The van der Waals surface area contributed by atoms with Crippen LogP contribution in [0.3, 0.4) is 0 Å². The van der Waals surface area contributed by atoms with Gasteiger partial charge in [-0.15, -0.1) is 0 Å². The molecule has 0 aliphatic carbocycles. The third-order valence-electron chi connectivity index (χ3n) is 4.58. The molecule has 0 aliphatic heterocycles. The van der Waals surface area contributed by atoms with Crippen LogP contribution in [0.1, 0.15) is 65.7 Å². The summed E-state index contributed by atoms with van der Waals surface area (Å²) in [7, 11) is -14.1. The second-order valence-corrected chi connectivity index (χ2v) is 15.2. The van der Waals surface area contributed by atoms with Crippen molar-refractivity contribution in [1.82, 2.24) is 0 Å². The van der Waals surface area contributed by atoms with Crippen LogP contribution in [0.15, 0.2) is 0 Å². The number of sulfonamides is 2. The molecule has 0 heterocycles. The second kappa shape index (κ2) is 15.0. The molecule has 0 aromatic heterocycles. The standard InChI is InChI=1S/C15H35NP.C2F6NO4S2/c1-4-7-12-17(13-8-5-2,14-9-6-3)15-10-11-16;3-1(4,5)14(10,11)9-15(12,13)2(6,7)8/h4-16H2,1-3H3;/q+1;-1. The molecule has 2 N–H and O–H groups in total. The van der Waals surface area contributed by atoms with Crippen LogP contribution in [0.25, 0.3) is 4.13 Å². The summed E-state index contributed by atoms with van der Waals surface area (Å²) in [5.74, 6) is 0. The topological polar surface area (TPSA) is 108 Å². The average molecular weight is 541 g/mol. The van der Waals surface area contributed by atoms with Crippen molar-refractivity contribution in [3.05, 3.63) is 4.13 Å². The SMILES string of the molecule is CCCC[P+](CCCC)(CCCC)CCCN.O=S(=O)([N-]S(=O)(=O)C(F)(F)F)C(F)(F)F. The molecular weight excluding hydrogens is 505 g/mol. The maximum atomic E-state index is 11.4. The van der Waals surface area contributed by atoms with Gasteiger partial charge in [0, 0.05) is 7.26 Å². The average Bonchev–Trinajstić information content (AvgIpc) is 2.65. The Morgan fingerprint density at radius 2 is 0.938 bits per heavy atom. The highest BCUT2D eigenvalue weighted by Gasteiger charge is 2.47. The largest absolute Gasteiger partial charge is 0.480 e. The number of hydrogen-bond donors (Lipinski definition) is 1. The molecule has 15 heteroatoms. The highest BCUT2D eigenvalue weighted by atomic mass is 32.3. The molecule has 0 aliphatic rings. The molecule has 0 fully saturated rings. The fraction of sp³-hybridized carbons (Fsp3) is 1.00. The second-order valence-electron chi connectivity index (χ2n) is 7.36. The zero-order valence-electron chi connectivity index (χ0n) is 18.7. The lowest BCUT2D eigenvalue weighted by Gasteiger charge is -2.28. The van der Waals surface area contributed by atoms with Crippen LogP contribution in [0.2, 0.25) is 0 Å². The third kappa shape index (κ3) is 12.9. The summed E-state index contributed by atoms with van der Waals surface area (Å²) in [5, 5.41) is 0. The lowest BCUT2D eigenvalue weighted by atomic mass is 10.4. The van der Waals surface area contributed by atoms with Crippen LogP contribution < -0.4 is 5.73 Å². The van der Waals surface area contributed by atoms with Gasteiger partial charge >= 0.3 is 11.0 Å². The smallest absolute Gasteiger partial charge is 0.421 e. The Morgan fingerprint density at radius 1 is 0.656 bits per heavy atom. The summed E-state index contributed by atoms with van der Waals surface area (Å²) in [6.45, 7) is 7.89. The van der Waals surface area contributed by atoms with Gasteiger partial charge in [-0.1, -0.05) is 40.0 Å². The minimum Gasteiger partial charge on any atom is -0.421 e. The minimum atomic E-state index is -6.72. The summed E-state index contributed by atoms with van der Waals surface area (Å²) in [5.41, 5.74) is -6.67. The van der Waals surface area contributed by atoms with Crippen molar-refractivity contribution in [3.63, 3.8) is 0 Å². The lowest BCUT2D eigenvalue weighted by molar-refractivity contribution is -0.0444. The van der Waals surface area contributed by atoms with E-state index in [4.69, 9.17) is 5.73 Å². The van der Waals surface area contributed by atoms with Gasteiger partial charge in [-0.3, -0.25) is 0 Å². The van der Waals surface area contributed by atoms with Crippen molar-refractivity contribution < 1.29 is 43.2 Å². The zero-order valence-corrected chi connectivity index (χ0v) is 21.2. The fourth-order valence-electron chi connectivity index (χ4n) is 2.79. The van der Waals surface area contributed by atoms with Gasteiger partial charge < -0.3 is 9.86 Å². The third-order valence-corrected chi connectivity index (χ3v) is 12.4. The van der Waals surface area contributed by atoms with E-state index in [0.29, 0.717) is 0 Å². The monoisotopic (exact) mass is 540 g/mol. The van der Waals surface area contributed by atoms with Crippen LogP contribution in [-0.2, 0) is 20.0 Å². The van der Waals surface area contributed by atoms with Crippen LogP contribution in [0, 0.1) is 0 Å². The number of hydrogen-bond acceptors (Lipinski definition) is 5. The molecule has 6 nitrogen and oxygen atoms in total. The molecule has 32 heavy (non-hydrogen) atoms. The summed E-state index contributed by atoms with van der Waals surface area (Å²) in [6, 6.07) is 0. The van der Waals surface area contributed by atoms with E-state index in [9.17, 15) is 43.2 Å². The molecule has 196 valence electrons. The van der Waals surface area contributed by atoms with E-state index >= 15 is 0 Å². The number of rotatable bonds is 14. The van der Waals surface area contributed by atoms with Crippen molar-refractivity contribution in [3.8, 4) is 0 Å². The Kier molecular flexibility index (Phi) is 15.9. The normalized spacial score (nSPS) is 13.6. The van der Waals surface area contributed by atoms with Gasteiger partial charge in [0.1, 0.15) is 0 Å². The van der Waals surface area contributed by atoms with Crippen molar-refractivity contribution in [2.24, 2.45) is 5.73 Å². The lowest BCUT2D eigenvalue weighted by Crippen LogP contribution is -2.30. The Hall–Kier alpha value is -0.170. The Bertz CT molecular complexity index is 634. The van der Waals surface area contributed by atoms with E-state index in [0.717, 1.165) is 10.7 Å². The zero-order chi connectivity index (χ0) is 25.7. The van der Waals surface area contributed by atoms with E-state index in [-0.39, 0.29) is 0 Å². The molecular formula is C17H35F6N2O4PS2. The molecule has 0 aromatic carbocycles. The quantitative estimate of drug-likeness (QED) is 0.221. The predicted molar refractivity (Wildman–Crippen MR) is 118 cm³/mol. The summed E-state index contributed by atoms with van der Waals surface area (Å²) < 4.78 is 109. The van der Waals surface area contributed by atoms with Gasteiger partial charge in [0.2, 0.25) is 0 Å². The maximum Gasteiger partial charge on any atom is 0.480 e. The van der Waals surface area contributed by atoms with Gasteiger partial charge in [0.25, 0.3) is 0 Å². The molecule has 0 saturated carbocycles. The summed E-state index contributed by atoms with van der Waals surface area (Å²) in [6.07, 6.45) is 15.8. The van der Waals surface area contributed by atoms with E-state index in [1.807, 2.05) is 0 Å². The molecule has 0 saturated heterocycles. The Balaban J connectivity index is 0. The first-order valence-electron chi connectivity index (χ1n) is 10.4. The first-order chi connectivity index (χ1) is 14.4. The molecule has 0 bridgehead atoms. The van der Waals surface area contributed by atoms with E-state index < -0.39 is 38.3 Å². The van der Waals surface area contributed by atoms with E-state index in [1.165, 1.54) is 51.1 Å². The van der Waals surface area contributed by atoms with Crippen molar-refractivity contribution in [2.45, 2.75) is 76.7 Å². The molecule has 0 amide bonds. The van der Waals surface area contributed by atoms with Crippen LogP contribution in [-0.4, -0.2) is 59.0 Å². The number of unbranched alkanes of at least 4 members (excludes halogenated alkanes) is 3. The van der Waals surface area contributed by atoms with Gasteiger partial charge in [-0.05, 0) is 32.2 Å². The Labute approximate surface area is 188 Å². The predicted octanol–water partition coefficient (Wildman–Crippen LogP) is 5.81. The summed E-state index contributed by atoms with van der Waals surface area (Å²) >= 11 is 0. The minimum absolute atomic E-state index is 0.642. The fourth-order valence-corrected chi connectivity index (χ4v) is 9.66. The van der Waals surface area contributed by atoms with Crippen LogP contribution >= 0.6 is 7.26 Å². The van der Waals surface area contributed by atoms with Gasteiger partial charge in [-0.25, -0.2) is 16.8 Å². The first kappa shape index (κ1) is 34.0. The van der Waals surface area contributed by atoms with Gasteiger partial charge in [0.15, 0.2) is 20.0 Å². The number of nitrogens with zero attached hydrogens (tertiary/aromatic N) is 1. The number of nitrogens with two attached hydrogens (primary N) is 1. The highest BCUT2D eigenvalue weighted by molar-refractivity contribution is 8.13. The van der Waals surface area contributed by atoms with E-state index in [1.54, 1.807) is 18.5 Å². The molecule has 0 atom stereocenters. The summed E-state index contributed by atoms with van der Waals surface area (Å²) in [4.78, 5) is 0. The Morgan fingerprint density at radius 3 is 1.16 bits per heavy atom. The molecule has 0 spiro atoms. The van der Waals surface area contributed by atoms with Crippen LogP contribution in [0.4, 0.5) is 26.3 Å². The molecule has 0 rings (SSSR count). The van der Waals surface area contributed by atoms with Crippen molar-refractivity contribution >= 4 is 27.3 Å². The van der Waals surface area contributed by atoms with Gasteiger partial charge in [0.05, 0.1) is 24.6 Å². The molecule has 0 radical (unpaired) electrons. The number of halogens is 6. The molecule has 0 aromatic rings. The van der Waals surface area contributed by atoms with Crippen LogP contribution in [0.5, 0.6) is 0 Å². The molecule has 0 unspecified atom stereocenters. The van der Waals surface area contributed by atoms with Crippen molar-refractivity contribution in [1.29, 1.82) is 0 Å². The van der Waals surface area contributed by atoms with Gasteiger partial charge in [-0.2, -0.15) is 26.3 Å². The maximum absolute atomic E-state index is 11.4. The van der Waals surface area contributed by atoms with E-state index in [2.05, 4.69) is 20.8 Å². The van der Waals surface area contributed by atoms with Crippen molar-refractivity contribution in [2.75, 3.05) is 31.2 Å².